The van der Waals surface area contributed by atoms with Gasteiger partial charge in [0.1, 0.15) is 0 Å². The highest BCUT2D eigenvalue weighted by molar-refractivity contribution is 8.14. The fourth-order valence-corrected chi connectivity index (χ4v) is 2.81. The Morgan fingerprint density at radius 3 is 2.75 bits per heavy atom. The zero-order valence-corrected chi connectivity index (χ0v) is 11.2. The number of hydrogen-bond acceptors (Lipinski definition) is 2. The van der Waals surface area contributed by atoms with Gasteiger partial charge >= 0.3 is 11.3 Å². The highest BCUT2D eigenvalue weighted by Crippen LogP contribution is 2.34. The molecular weight excluding hydrogens is 291 g/mol. The minimum atomic E-state index is -4.43. The normalized spacial score (nSPS) is 19.4. The van der Waals surface area contributed by atoms with E-state index in [0.29, 0.717) is 13.0 Å². The number of amidine groups is 1. The molecular formula is C12H13F3N3OS+. The highest BCUT2D eigenvalue weighted by atomic mass is 32.2. The van der Waals surface area contributed by atoms with E-state index in [4.69, 9.17) is 11.1 Å². The molecule has 0 aromatic heterocycles. The van der Waals surface area contributed by atoms with Crippen molar-refractivity contribution in [1.82, 2.24) is 0 Å². The Morgan fingerprint density at radius 1 is 1.45 bits per heavy atom. The summed E-state index contributed by atoms with van der Waals surface area (Å²) in [5.74, 6) is -0.275. The average Bonchev–Trinajstić information content (AvgIpc) is 2.69. The maximum Gasteiger partial charge on any atom is 0.416 e. The maximum absolute atomic E-state index is 12.7. The number of halogens is 3. The lowest BCUT2D eigenvalue weighted by Gasteiger charge is -2.18. The molecule has 1 heterocycles. The van der Waals surface area contributed by atoms with Gasteiger partial charge in [-0.1, -0.05) is 6.07 Å². The van der Waals surface area contributed by atoms with E-state index in [0.717, 1.165) is 23.9 Å². The molecule has 4 N–H and O–H groups in total. The van der Waals surface area contributed by atoms with Crippen LogP contribution in [0.4, 0.5) is 18.9 Å². The van der Waals surface area contributed by atoms with Crippen molar-refractivity contribution in [3.63, 3.8) is 0 Å². The zero-order chi connectivity index (χ0) is 14.9. The molecule has 2 rings (SSSR count). The van der Waals surface area contributed by atoms with Crippen LogP contribution in [0, 0.1) is 0 Å². The van der Waals surface area contributed by atoms with Crippen LogP contribution in [0.3, 0.4) is 0 Å². The van der Waals surface area contributed by atoms with Crippen molar-refractivity contribution in [2.75, 3.05) is 11.4 Å². The number of benzene rings is 1. The fraction of sp³-hybridized carbons (Fsp3) is 0.333. The number of carbonyl (C=O) groups is 1. The van der Waals surface area contributed by atoms with Crippen LogP contribution in [0.25, 0.3) is 0 Å². The van der Waals surface area contributed by atoms with Gasteiger partial charge in [0, 0.05) is 12.2 Å². The van der Waals surface area contributed by atoms with E-state index in [9.17, 15) is 18.0 Å². The van der Waals surface area contributed by atoms with E-state index >= 15 is 0 Å². The van der Waals surface area contributed by atoms with E-state index in [-0.39, 0.29) is 16.8 Å². The Kier molecular flexibility index (Phi) is 3.94. The monoisotopic (exact) mass is 304 g/mol. The van der Waals surface area contributed by atoms with Crippen molar-refractivity contribution in [1.29, 1.82) is 0 Å². The molecule has 1 aliphatic rings. The Labute approximate surface area is 117 Å². The number of hydrogen-bond donors (Lipinski definition) is 2. The summed E-state index contributed by atoms with van der Waals surface area (Å²) in [6.45, 7) is 0.352. The predicted octanol–water partition coefficient (Wildman–Crippen LogP) is 0.618. The van der Waals surface area contributed by atoms with Crippen molar-refractivity contribution in [3.05, 3.63) is 29.8 Å². The second-order valence-electron chi connectivity index (χ2n) is 4.34. The highest BCUT2D eigenvalue weighted by Gasteiger charge is 2.36. The van der Waals surface area contributed by atoms with Crippen LogP contribution < -0.4 is 16.0 Å². The topological polar surface area (TPSA) is 71.9 Å². The van der Waals surface area contributed by atoms with E-state index in [2.05, 4.69) is 0 Å². The quantitative estimate of drug-likeness (QED) is 0.621. The van der Waals surface area contributed by atoms with Gasteiger partial charge in [-0.25, -0.2) is 0 Å². The fourth-order valence-electron chi connectivity index (χ4n) is 2.03. The minimum absolute atomic E-state index is 0.0780. The van der Waals surface area contributed by atoms with Gasteiger partial charge in [-0.05, 0) is 36.4 Å². The van der Waals surface area contributed by atoms with Crippen LogP contribution in [0.5, 0.6) is 0 Å². The van der Waals surface area contributed by atoms with E-state index in [1.165, 1.54) is 17.0 Å². The van der Waals surface area contributed by atoms with Crippen LogP contribution in [-0.4, -0.2) is 22.9 Å². The van der Waals surface area contributed by atoms with Crippen LogP contribution in [0.2, 0.25) is 0 Å². The standard InChI is InChI=1S/C12H12F3N3OS/c13-12(14,15)7-2-1-3-8(6-7)18-5-4-9(10(18)19)20-11(16)17/h1-3,6,9H,4-5H2,(H3,16,17)/p+1. The van der Waals surface area contributed by atoms with Crippen LogP contribution in [-0.2, 0) is 11.0 Å². The van der Waals surface area contributed by atoms with E-state index < -0.39 is 17.0 Å². The van der Waals surface area contributed by atoms with Gasteiger partial charge in [-0.2, -0.15) is 13.2 Å². The van der Waals surface area contributed by atoms with E-state index in [1.807, 2.05) is 0 Å². The molecule has 1 aromatic rings. The smallest absolute Gasteiger partial charge is 0.311 e. The Morgan fingerprint density at radius 2 is 2.15 bits per heavy atom. The maximum atomic E-state index is 12.7. The summed E-state index contributed by atoms with van der Waals surface area (Å²) in [5, 5.41) is 4.98. The summed E-state index contributed by atoms with van der Waals surface area (Å²) in [6, 6.07) is 4.72. The lowest BCUT2D eigenvalue weighted by Crippen LogP contribution is -2.45. The van der Waals surface area contributed by atoms with Gasteiger partial charge in [0.15, 0.2) is 0 Å². The third kappa shape index (κ3) is 3.06. The molecule has 0 spiro atoms. The lowest BCUT2D eigenvalue weighted by molar-refractivity contribution is -0.137. The number of alkyl halides is 3. The molecule has 1 aliphatic heterocycles. The first-order valence-electron chi connectivity index (χ1n) is 5.82. The van der Waals surface area contributed by atoms with Crippen LogP contribution in [0.15, 0.2) is 24.3 Å². The van der Waals surface area contributed by atoms with Crippen molar-refractivity contribution >= 4 is 28.5 Å². The summed E-state index contributed by atoms with van der Waals surface area (Å²) in [7, 11) is 0. The molecule has 0 aliphatic carbocycles. The van der Waals surface area contributed by atoms with Crippen molar-refractivity contribution < 1.29 is 23.4 Å². The molecule has 1 aromatic carbocycles. The first kappa shape index (κ1) is 14.7. The van der Waals surface area contributed by atoms with Gasteiger partial charge in [0.25, 0.3) is 0 Å². The molecule has 1 fully saturated rings. The second-order valence-corrected chi connectivity index (χ2v) is 5.61. The number of anilines is 1. The second kappa shape index (κ2) is 5.35. The first-order valence-corrected chi connectivity index (χ1v) is 6.70. The van der Waals surface area contributed by atoms with Gasteiger partial charge in [-0.15, -0.1) is 0 Å². The molecule has 1 amide bonds. The molecule has 0 saturated carbocycles. The number of carbonyl (C=O) groups excluding carboxylic acids is 1. The summed E-state index contributed by atoms with van der Waals surface area (Å²) >= 11 is 1.04. The predicted molar refractivity (Wildman–Crippen MR) is 70.9 cm³/mol. The summed E-state index contributed by atoms with van der Waals surface area (Å²) in [5.41, 5.74) is 4.80. The van der Waals surface area contributed by atoms with Crippen molar-refractivity contribution in [2.45, 2.75) is 17.8 Å². The van der Waals surface area contributed by atoms with Crippen molar-refractivity contribution in [2.24, 2.45) is 5.73 Å². The largest absolute Gasteiger partial charge is 0.416 e. The molecule has 0 radical (unpaired) electrons. The van der Waals surface area contributed by atoms with Crippen LogP contribution >= 0.6 is 11.8 Å². The van der Waals surface area contributed by atoms with Gasteiger partial charge in [0.2, 0.25) is 5.91 Å². The third-order valence-electron chi connectivity index (χ3n) is 2.92. The summed E-state index contributed by atoms with van der Waals surface area (Å²) in [6.07, 6.45) is -3.93. The number of nitrogens with zero attached hydrogens (tertiary/aromatic N) is 1. The van der Waals surface area contributed by atoms with E-state index in [1.54, 1.807) is 0 Å². The zero-order valence-electron chi connectivity index (χ0n) is 10.4. The Bertz CT molecular complexity index is 547. The molecule has 4 nitrogen and oxygen atoms in total. The summed E-state index contributed by atoms with van der Waals surface area (Å²) in [4.78, 5) is 13.4. The lowest BCUT2D eigenvalue weighted by atomic mass is 10.2. The Hall–Kier alpha value is -1.70. The van der Waals surface area contributed by atoms with Gasteiger partial charge in [0.05, 0.1) is 10.8 Å². The number of thioether (sulfide) groups is 1. The molecule has 1 saturated heterocycles. The third-order valence-corrected chi connectivity index (χ3v) is 3.91. The van der Waals surface area contributed by atoms with Crippen molar-refractivity contribution in [3.8, 4) is 0 Å². The SMILES string of the molecule is NC(=[NH2+])SC1CCN(c2cccc(C(F)(F)F)c2)C1=O. The van der Waals surface area contributed by atoms with Crippen LogP contribution in [0.1, 0.15) is 12.0 Å². The number of amides is 1. The molecule has 0 bridgehead atoms. The first-order chi connectivity index (χ1) is 9.29. The molecule has 1 atom stereocenters. The van der Waals surface area contributed by atoms with Gasteiger partial charge < -0.3 is 4.90 Å². The van der Waals surface area contributed by atoms with Gasteiger partial charge in [-0.3, -0.25) is 15.9 Å². The Balaban J connectivity index is 2.21. The molecule has 108 valence electrons. The molecule has 20 heavy (non-hydrogen) atoms. The molecule has 8 heteroatoms. The average molecular weight is 304 g/mol. The molecule has 1 unspecified atom stereocenters. The number of rotatable bonds is 2. The summed E-state index contributed by atoms with van der Waals surface area (Å²) < 4.78 is 38.0. The number of nitrogens with two attached hydrogens (primary N) is 2. The minimum Gasteiger partial charge on any atom is -0.311 e.